The Morgan fingerprint density at radius 3 is 2.72 bits per heavy atom. The predicted molar refractivity (Wildman–Crippen MR) is 88.5 cm³/mol. The SMILES string of the molecule is Oc1c([C@H](c2ccco2)N2CCC3(CC2)OCCO3)sc2ncnn12. The average Bonchev–Trinajstić information content (AvgIpc) is 3.39. The van der Waals surface area contributed by atoms with Gasteiger partial charge in [-0.25, -0.2) is 4.98 Å². The lowest BCUT2D eigenvalue weighted by molar-refractivity contribution is -0.187. The van der Waals surface area contributed by atoms with Gasteiger partial charge in [-0.2, -0.15) is 9.61 Å². The molecule has 8 nitrogen and oxygen atoms in total. The Morgan fingerprint density at radius 1 is 1.24 bits per heavy atom. The molecule has 0 radical (unpaired) electrons. The zero-order valence-electron chi connectivity index (χ0n) is 13.5. The van der Waals surface area contributed by atoms with Gasteiger partial charge in [-0.15, -0.1) is 0 Å². The molecule has 3 aromatic rings. The van der Waals surface area contributed by atoms with Crippen LogP contribution in [0.1, 0.15) is 29.5 Å². The molecule has 0 amide bonds. The van der Waals surface area contributed by atoms with Gasteiger partial charge in [0.15, 0.2) is 5.79 Å². The van der Waals surface area contributed by atoms with Crippen molar-refractivity contribution in [2.45, 2.75) is 24.7 Å². The van der Waals surface area contributed by atoms with E-state index in [2.05, 4.69) is 15.0 Å². The van der Waals surface area contributed by atoms with Gasteiger partial charge >= 0.3 is 0 Å². The van der Waals surface area contributed by atoms with Crippen molar-refractivity contribution >= 4 is 16.3 Å². The van der Waals surface area contributed by atoms with Crippen LogP contribution in [0.15, 0.2) is 29.1 Å². The summed E-state index contributed by atoms with van der Waals surface area (Å²) < 4.78 is 18.8. The predicted octanol–water partition coefficient (Wildman–Crippen LogP) is 2.02. The topological polar surface area (TPSA) is 85.3 Å². The quantitative estimate of drug-likeness (QED) is 0.763. The second-order valence-electron chi connectivity index (χ2n) is 6.31. The summed E-state index contributed by atoms with van der Waals surface area (Å²) in [5.41, 5.74) is 0. The average molecular weight is 362 g/mol. The van der Waals surface area contributed by atoms with Crippen molar-refractivity contribution in [2.24, 2.45) is 0 Å². The molecule has 5 heterocycles. The molecule has 0 bridgehead atoms. The first kappa shape index (κ1) is 15.3. The number of rotatable bonds is 3. The molecule has 2 fully saturated rings. The number of nitrogens with zero attached hydrogens (tertiary/aromatic N) is 4. The van der Waals surface area contributed by atoms with E-state index in [1.807, 2.05) is 12.1 Å². The largest absolute Gasteiger partial charge is 0.492 e. The number of piperidine rings is 1. The van der Waals surface area contributed by atoms with E-state index in [0.29, 0.717) is 18.2 Å². The first-order chi connectivity index (χ1) is 12.3. The summed E-state index contributed by atoms with van der Waals surface area (Å²) >= 11 is 1.43. The van der Waals surface area contributed by atoms with E-state index in [0.717, 1.165) is 36.6 Å². The number of aromatic nitrogens is 3. The van der Waals surface area contributed by atoms with E-state index in [1.54, 1.807) is 6.26 Å². The number of ether oxygens (including phenoxy) is 2. The van der Waals surface area contributed by atoms with Gasteiger partial charge < -0.3 is 19.0 Å². The fraction of sp³-hybridized carbons (Fsp3) is 0.500. The Balaban J connectivity index is 1.49. The van der Waals surface area contributed by atoms with Crippen molar-refractivity contribution in [2.75, 3.05) is 26.3 Å². The highest BCUT2D eigenvalue weighted by atomic mass is 32.1. The molecule has 2 aliphatic rings. The molecule has 132 valence electrons. The highest BCUT2D eigenvalue weighted by Crippen LogP contribution is 2.42. The summed E-state index contributed by atoms with van der Waals surface area (Å²) in [4.78, 5) is 7.93. The zero-order chi connectivity index (χ0) is 16.9. The third kappa shape index (κ3) is 2.46. The minimum Gasteiger partial charge on any atom is -0.492 e. The van der Waals surface area contributed by atoms with E-state index in [4.69, 9.17) is 13.9 Å². The molecular weight excluding hydrogens is 344 g/mol. The van der Waals surface area contributed by atoms with Crippen LogP contribution in [-0.4, -0.2) is 56.7 Å². The number of thiazole rings is 1. The summed E-state index contributed by atoms with van der Waals surface area (Å²) in [6, 6.07) is 3.63. The minimum atomic E-state index is -0.433. The van der Waals surface area contributed by atoms with Gasteiger partial charge in [0, 0.05) is 25.9 Å². The van der Waals surface area contributed by atoms with Crippen molar-refractivity contribution in [1.29, 1.82) is 0 Å². The molecule has 0 aliphatic carbocycles. The first-order valence-corrected chi connectivity index (χ1v) is 9.14. The molecule has 2 saturated heterocycles. The summed E-state index contributed by atoms with van der Waals surface area (Å²) in [5.74, 6) is 0.481. The number of hydrogen-bond donors (Lipinski definition) is 1. The van der Waals surface area contributed by atoms with E-state index >= 15 is 0 Å². The molecule has 5 rings (SSSR count). The molecule has 0 unspecified atom stereocenters. The van der Waals surface area contributed by atoms with Crippen LogP contribution in [-0.2, 0) is 9.47 Å². The van der Waals surface area contributed by atoms with Crippen LogP contribution in [0.3, 0.4) is 0 Å². The van der Waals surface area contributed by atoms with E-state index in [1.165, 1.54) is 22.2 Å². The molecule has 2 aliphatic heterocycles. The lowest BCUT2D eigenvalue weighted by Crippen LogP contribution is -2.46. The molecule has 0 aromatic carbocycles. The minimum absolute atomic E-state index is 0.118. The van der Waals surface area contributed by atoms with Gasteiger partial charge in [0.05, 0.1) is 24.4 Å². The Hall–Kier alpha value is -1.94. The van der Waals surface area contributed by atoms with Gasteiger partial charge in [0.2, 0.25) is 10.8 Å². The standard InChI is InChI=1S/C16H18N4O4S/c21-14-13(25-15-17-10-18-20(14)15)12(11-2-1-7-22-11)19-5-3-16(4-6-19)23-8-9-24-16/h1-2,7,10,12,21H,3-6,8-9H2/t12-/m0/s1. The van der Waals surface area contributed by atoms with Crippen molar-refractivity contribution in [3.05, 3.63) is 35.4 Å². The van der Waals surface area contributed by atoms with Crippen LogP contribution in [0, 0.1) is 0 Å². The summed E-state index contributed by atoms with van der Waals surface area (Å²) in [7, 11) is 0. The maximum Gasteiger partial charge on any atom is 0.230 e. The molecule has 0 saturated carbocycles. The van der Waals surface area contributed by atoms with Crippen LogP contribution >= 0.6 is 11.3 Å². The van der Waals surface area contributed by atoms with Crippen molar-refractivity contribution in [1.82, 2.24) is 19.5 Å². The highest BCUT2D eigenvalue weighted by Gasteiger charge is 2.43. The molecule has 1 N–H and O–H groups in total. The molecule has 1 spiro atoms. The van der Waals surface area contributed by atoms with Crippen LogP contribution in [0.25, 0.3) is 4.96 Å². The monoisotopic (exact) mass is 362 g/mol. The second-order valence-corrected chi connectivity index (χ2v) is 7.31. The lowest BCUT2D eigenvalue weighted by Gasteiger charge is -2.40. The number of aromatic hydroxyl groups is 1. The van der Waals surface area contributed by atoms with E-state index in [9.17, 15) is 5.11 Å². The van der Waals surface area contributed by atoms with Crippen molar-refractivity contribution in [3.8, 4) is 5.88 Å². The fourth-order valence-electron chi connectivity index (χ4n) is 3.70. The van der Waals surface area contributed by atoms with Crippen LogP contribution in [0.2, 0.25) is 0 Å². The third-order valence-electron chi connectivity index (χ3n) is 4.94. The van der Waals surface area contributed by atoms with Gasteiger partial charge in [0.25, 0.3) is 0 Å². The maximum atomic E-state index is 10.6. The molecule has 1 atom stereocenters. The molecule has 9 heteroatoms. The van der Waals surface area contributed by atoms with Crippen molar-refractivity contribution < 1.29 is 19.0 Å². The first-order valence-electron chi connectivity index (χ1n) is 8.32. The summed E-state index contributed by atoms with van der Waals surface area (Å²) in [6.07, 6.45) is 4.69. The normalized spacial score (nSPS) is 22.1. The Morgan fingerprint density at radius 2 is 2.04 bits per heavy atom. The molecule has 3 aromatic heterocycles. The third-order valence-corrected chi connectivity index (χ3v) is 6.02. The maximum absolute atomic E-state index is 10.6. The van der Waals surface area contributed by atoms with Gasteiger partial charge in [-0.1, -0.05) is 11.3 Å². The second kappa shape index (κ2) is 5.80. The smallest absolute Gasteiger partial charge is 0.230 e. The summed E-state index contributed by atoms with van der Waals surface area (Å²) in [6.45, 7) is 2.91. The van der Waals surface area contributed by atoms with Crippen LogP contribution < -0.4 is 0 Å². The Labute approximate surface area is 147 Å². The number of hydrogen-bond acceptors (Lipinski definition) is 8. The molecule has 25 heavy (non-hydrogen) atoms. The van der Waals surface area contributed by atoms with E-state index in [-0.39, 0.29) is 11.9 Å². The Bertz CT molecular complexity index is 858. The lowest BCUT2D eigenvalue weighted by atomic mass is 10.0. The van der Waals surface area contributed by atoms with Gasteiger partial charge in [0.1, 0.15) is 18.1 Å². The number of likely N-dealkylation sites (tertiary alicyclic amines) is 1. The van der Waals surface area contributed by atoms with Crippen molar-refractivity contribution in [3.63, 3.8) is 0 Å². The number of furan rings is 1. The van der Waals surface area contributed by atoms with Crippen LogP contribution in [0.5, 0.6) is 5.88 Å². The summed E-state index contributed by atoms with van der Waals surface area (Å²) in [5, 5.41) is 14.7. The fourth-order valence-corrected chi connectivity index (χ4v) is 4.77. The van der Waals surface area contributed by atoms with Gasteiger partial charge in [-0.3, -0.25) is 4.90 Å². The number of fused-ring (bicyclic) bond motifs is 1. The van der Waals surface area contributed by atoms with E-state index < -0.39 is 5.79 Å². The Kier molecular flexibility index (Phi) is 3.56. The highest BCUT2D eigenvalue weighted by molar-refractivity contribution is 7.17. The zero-order valence-corrected chi connectivity index (χ0v) is 14.3. The molecular formula is C16H18N4O4S. The van der Waals surface area contributed by atoms with Gasteiger partial charge in [-0.05, 0) is 12.1 Å². The van der Waals surface area contributed by atoms with Crippen LogP contribution in [0.4, 0.5) is 0 Å².